The Bertz CT molecular complexity index is 824. The molecule has 8 heteroatoms. The lowest BCUT2D eigenvalue weighted by atomic mass is 9.73. The first-order valence-electron chi connectivity index (χ1n) is 11.0. The standard InChI is InChI=1S/C21H29N3O.C4H6O4/c1-16(2)24(17(3)4)15-13-21(20(22)25,18-10-6-5-7-11-18)19-12-8-9-14-23-19;5-3(6)1-2-4(7)8/h5-12,14,16-17H,13,15H2,1-4H3,(H2,22,25);1-2H2,(H,5,6)(H,7,8). The molecular formula is C25H35N3O5. The molecule has 1 aromatic heterocycles. The topological polar surface area (TPSA) is 134 Å². The molecule has 0 aliphatic carbocycles. The molecule has 2 aromatic rings. The van der Waals surface area contributed by atoms with Crippen LogP contribution >= 0.6 is 0 Å². The molecule has 2 rings (SSSR count). The number of aliphatic carboxylic acids is 2. The van der Waals surface area contributed by atoms with Gasteiger partial charge in [-0.3, -0.25) is 24.3 Å². The number of carboxylic acid groups (broad SMARTS) is 2. The van der Waals surface area contributed by atoms with Gasteiger partial charge in [-0.1, -0.05) is 36.4 Å². The van der Waals surface area contributed by atoms with Crippen molar-refractivity contribution >= 4 is 17.8 Å². The molecule has 0 saturated heterocycles. The van der Waals surface area contributed by atoms with E-state index >= 15 is 0 Å². The van der Waals surface area contributed by atoms with Crippen LogP contribution in [-0.4, -0.2) is 56.6 Å². The van der Waals surface area contributed by atoms with Gasteiger partial charge < -0.3 is 15.9 Å². The van der Waals surface area contributed by atoms with E-state index < -0.39 is 17.4 Å². The van der Waals surface area contributed by atoms with E-state index in [1.807, 2.05) is 48.5 Å². The van der Waals surface area contributed by atoms with E-state index in [4.69, 9.17) is 15.9 Å². The van der Waals surface area contributed by atoms with Crippen molar-refractivity contribution in [3.63, 3.8) is 0 Å². The molecule has 0 saturated carbocycles. The van der Waals surface area contributed by atoms with E-state index in [1.165, 1.54) is 0 Å². The molecule has 1 amide bonds. The summed E-state index contributed by atoms with van der Waals surface area (Å²) in [6.07, 6.45) is 1.73. The van der Waals surface area contributed by atoms with Crippen LogP contribution in [0.5, 0.6) is 0 Å². The summed E-state index contributed by atoms with van der Waals surface area (Å²) < 4.78 is 0. The fourth-order valence-corrected chi connectivity index (χ4v) is 3.77. The monoisotopic (exact) mass is 457 g/mol. The molecule has 33 heavy (non-hydrogen) atoms. The highest BCUT2D eigenvalue weighted by atomic mass is 16.4. The first kappa shape index (κ1) is 27.8. The Labute approximate surface area is 195 Å². The van der Waals surface area contributed by atoms with Gasteiger partial charge in [0.2, 0.25) is 5.91 Å². The lowest BCUT2D eigenvalue weighted by Crippen LogP contribution is -2.47. The van der Waals surface area contributed by atoms with Gasteiger partial charge in [-0.2, -0.15) is 0 Å². The van der Waals surface area contributed by atoms with E-state index in [0.717, 1.165) is 12.1 Å². The van der Waals surface area contributed by atoms with Crippen LogP contribution in [0.3, 0.4) is 0 Å². The van der Waals surface area contributed by atoms with Crippen molar-refractivity contribution < 1.29 is 24.6 Å². The minimum absolute atomic E-state index is 0.296. The second kappa shape index (κ2) is 13.3. The minimum atomic E-state index is -1.08. The number of nitrogens with zero attached hydrogens (tertiary/aromatic N) is 2. The SMILES string of the molecule is CC(C)N(CCC(C(N)=O)(c1ccccc1)c1ccccn1)C(C)C.O=C(O)CCC(=O)O. The van der Waals surface area contributed by atoms with Gasteiger partial charge in [-0.25, -0.2) is 0 Å². The number of pyridine rings is 1. The van der Waals surface area contributed by atoms with Crippen LogP contribution in [0.1, 0.15) is 58.2 Å². The zero-order valence-corrected chi connectivity index (χ0v) is 19.8. The normalized spacial score (nSPS) is 12.7. The van der Waals surface area contributed by atoms with Crippen LogP contribution < -0.4 is 5.73 Å². The number of hydrogen-bond acceptors (Lipinski definition) is 5. The molecule has 180 valence electrons. The first-order valence-corrected chi connectivity index (χ1v) is 11.0. The summed E-state index contributed by atoms with van der Waals surface area (Å²) >= 11 is 0. The molecule has 1 unspecified atom stereocenters. The lowest BCUT2D eigenvalue weighted by Gasteiger charge is -2.36. The molecule has 4 N–H and O–H groups in total. The Morgan fingerprint density at radius 1 is 0.909 bits per heavy atom. The van der Waals surface area contributed by atoms with Crippen molar-refractivity contribution in [1.29, 1.82) is 0 Å². The predicted molar refractivity (Wildman–Crippen MR) is 127 cm³/mol. The molecule has 0 spiro atoms. The van der Waals surface area contributed by atoms with Crippen LogP contribution in [0.4, 0.5) is 0 Å². The van der Waals surface area contributed by atoms with Gasteiger partial charge >= 0.3 is 11.9 Å². The highest BCUT2D eigenvalue weighted by Gasteiger charge is 2.42. The molecule has 0 radical (unpaired) electrons. The molecule has 0 aliphatic rings. The molecule has 0 bridgehead atoms. The van der Waals surface area contributed by atoms with Crippen molar-refractivity contribution in [3.05, 3.63) is 66.0 Å². The van der Waals surface area contributed by atoms with Crippen molar-refractivity contribution in [2.24, 2.45) is 5.73 Å². The number of hydrogen-bond donors (Lipinski definition) is 3. The summed E-state index contributed by atoms with van der Waals surface area (Å²) in [4.78, 5) is 38.9. The third-order valence-corrected chi connectivity index (χ3v) is 5.41. The van der Waals surface area contributed by atoms with Gasteiger partial charge in [-0.05, 0) is 51.8 Å². The van der Waals surface area contributed by atoms with Gasteiger partial charge in [0.1, 0.15) is 5.41 Å². The molecule has 1 atom stereocenters. The molecule has 8 nitrogen and oxygen atoms in total. The average Bonchev–Trinajstić information content (AvgIpc) is 2.76. The maximum absolute atomic E-state index is 12.7. The third kappa shape index (κ3) is 8.31. The molecule has 1 aromatic carbocycles. The second-order valence-electron chi connectivity index (χ2n) is 8.31. The Hall–Kier alpha value is -3.26. The summed E-state index contributed by atoms with van der Waals surface area (Å²) in [5.41, 5.74) is 6.66. The highest BCUT2D eigenvalue weighted by Crippen LogP contribution is 2.35. The maximum Gasteiger partial charge on any atom is 0.303 e. The maximum atomic E-state index is 12.7. The van der Waals surface area contributed by atoms with Crippen molar-refractivity contribution in [1.82, 2.24) is 9.88 Å². The van der Waals surface area contributed by atoms with Crippen molar-refractivity contribution in [3.8, 4) is 0 Å². The first-order chi connectivity index (χ1) is 15.5. The van der Waals surface area contributed by atoms with Crippen LogP contribution in [0.2, 0.25) is 0 Å². The van der Waals surface area contributed by atoms with Crippen LogP contribution in [0, 0.1) is 0 Å². The van der Waals surface area contributed by atoms with Crippen LogP contribution in [0.15, 0.2) is 54.7 Å². The van der Waals surface area contributed by atoms with Crippen molar-refractivity contribution in [2.75, 3.05) is 6.54 Å². The van der Waals surface area contributed by atoms with Gasteiger partial charge in [0.15, 0.2) is 0 Å². The quantitative estimate of drug-likeness (QED) is 0.471. The van der Waals surface area contributed by atoms with E-state index in [2.05, 4.69) is 37.6 Å². The summed E-state index contributed by atoms with van der Waals surface area (Å²) in [5.74, 6) is -2.51. The lowest BCUT2D eigenvalue weighted by molar-refractivity contribution is -0.143. The summed E-state index contributed by atoms with van der Waals surface area (Å²) in [5, 5.41) is 15.8. The van der Waals surface area contributed by atoms with Crippen molar-refractivity contribution in [2.45, 2.75) is 64.5 Å². The smallest absolute Gasteiger partial charge is 0.303 e. The molecule has 1 heterocycles. The summed E-state index contributed by atoms with van der Waals surface area (Å²) in [6, 6.07) is 16.2. The number of nitrogens with two attached hydrogens (primary N) is 1. The zero-order chi connectivity index (χ0) is 25.0. The van der Waals surface area contributed by atoms with Gasteiger partial charge in [-0.15, -0.1) is 0 Å². The molecular weight excluding hydrogens is 422 g/mol. The van der Waals surface area contributed by atoms with E-state index in [9.17, 15) is 14.4 Å². The number of carboxylic acids is 2. The van der Waals surface area contributed by atoms with Crippen LogP contribution in [0.25, 0.3) is 0 Å². The Morgan fingerprint density at radius 2 is 1.42 bits per heavy atom. The van der Waals surface area contributed by atoms with Gasteiger partial charge in [0.25, 0.3) is 0 Å². The second-order valence-corrected chi connectivity index (χ2v) is 8.31. The summed E-state index contributed by atoms with van der Waals surface area (Å²) in [6.45, 7) is 9.47. The van der Waals surface area contributed by atoms with E-state index in [-0.39, 0.29) is 18.7 Å². The van der Waals surface area contributed by atoms with E-state index in [0.29, 0.717) is 24.2 Å². The fraction of sp³-hybridized carbons (Fsp3) is 0.440. The van der Waals surface area contributed by atoms with Crippen LogP contribution in [-0.2, 0) is 19.8 Å². The minimum Gasteiger partial charge on any atom is -0.481 e. The Kier molecular flexibility index (Phi) is 11.2. The Balaban J connectivity index is 0.000000582. The van der Waals surface area contributed by atoms with E-state index in [1.54, 1.807) is 6.20 Å². The van der Waals surface area contributed by atoms with Gasteiger partial charge in [0, 0.05) is 24.8 Å². The Morgan fingerprint density at radius 3 is 1.82 bits per heavy atom. The number of amides is 1. The number of carbonyl (C=O) groups excluding carboxylic acids is 1. The number of carbonyl (C=O) groups is 3. The average molecular weight is 458 g/mol. The highest BCUT2D eigenvalue weighted by molar-refractivity contribution is 5.90. The number of aromatic nitrogens is 1. The number of benzene rings is 1. The predicted octanol–water partition coefficient (Wildman–Crippen LogP) is 3.30. The third-order valence-electron chi connectivity index (χ3n) is 5.41. The number of primary amides is 1. The number of rotatable bonds is 11. The summed E-state index contributed by atoms with van der Waals surface area (Å²) in [7, 11) is 0. The zero-order valence-electron chi connectivity index (χ0n) is 19.8. The molecule has 0 aliphatic heterocycles. The van der Waals surface area contributed by atoms with Gasteiger partial charge in [0.05, 0.1) is 18.5 Å². The molecule has 0 fully saturated rings. The fourth-order valence-electron chi connectivity index (χ4n) is 3.77. The largest absolute Gasteiger partial charge is 0.481 e.